The van der Waals surface area contributed by atoms with E-state index in [1.54, 1.807) is 30.3 Å². The molecule has 0 unspecified atom stereocenters. The smallest absolute Gasteiger partial charge is 0.319 e. The number of hydrogen-bond acceptors (Lipinski definition) is 2. The largest absolute Gasteiger partial charge is 0.481 e. The molecule has 0 saturated carbocycles. The summed E-state index contributed by atoms with van der Waals surface area (Å²) in [5, 5.41) is 13.8. The maximum Gasteiger partial charge on any atom is 0.319 e. The van der Waals surface area contributed by atoms with Crippen LogP contribution in [-0.4, -0.2) is 23.7 Å². The normalized spacial score (nSPS) is 9.41. The predicted molar refractivity (Wildman–Crippen MR) is 65.0 cm³/mol. The van der Waals surface area contributed by atoms with Gasteiger partial charge in [0.05, 0.1) is 6.42 Å². The highest BCUT2D eigenvalue weighted by molar-refractivity contribution is 5.89. The van der Waals surface area contributed by atoms with Crippen LogP contribution in [0.5, 0.6) is 0 Å². The predicted octanol–water partition coefficient (Wildman–Crippen LogP) is 1.62. The van der Waals surface area contributed by atoms with E-state index in [4.69, 9.17) is 5.11 Å². The van der Waals surface area contributed by atoms with E-state index in [1.807, 2.05) is 0 Å². The van der Waals surface area contributed by atoms with Crippen molar-refractivity contribution in [2.24, 2.45) is 0 Å². The number of carbonyl (C=O) groups is 2. The molecule has 0 radical (unpaired) electrons. The van der Waals surface area contributed by atoms with Crippen molar-refractivity contribution in [2.75, 3.05) is 11.9 Å². The summed E-state index contributed by atoms with van der Waals surface area (Å²) in [5.41, 5.74) is 1.30. The fourth-order valence-electron chi connectivity index (χ4n) is 1.22. The maximum atomic E-state index is 11.3. The van der Waals surface area contributed by atoms with E-state index in [2.05, 4.69) is 17.2 Å². The molecule has 5 nitrogen and oxygen atoms in total. The van der Waals surface area contributed by atoms with Crippen molar-refractivity contribution in [3.05, 3.63) is 42.5 Å². The Labute approximate surface area is 99.1 Å². The van der Waals surface area contributed by atoms with Crippen LogP contribution in [0, 0.1) is 0 Å². The molecule has 0 atom stereocenters. The minimum absolute atomic E-state index is 0.0249. The van der Waals surface area contributed by atoms with Gasteiger partial charge in [-0.2, -0.15) is 0 Å². The van der Waals surface area contributed by atoms with Gasteiger partial charge in [0.15, 0.2) is 0 Å². The Morgan fingerprint density at radius 2 is 1.94 bits per heavy atom. The summed E-state index contributed by atoms with van der Waals surface area (Å²) >= 11 is 0. The molecule has 0 aromatic heterocycles. The summed E-state index contributed by atoms with van der Waals surface area (Å²) in [7, 11) is 0. The second kappa shape index (κ2) is 6.32. The molecule has 0 aliphatic carbocycles. The summed E-state index contributed by atoms with van der Waals surface area (Å²) in [6.07, 6.45) is 1.55. The van der Waals surface area contributed by atoms with E-state index in [-0.39, 0.29) is 12.5 Å². The van der Waals surface area contributed by atoms with Crippen LogP contribution in [0.25, 0.3) is 0 Å². The molecule has 17 heavy (non-hydrogen) atoms. The number of carboxylic acid groups (broad SMARTS) is 1. The highest BCUT2D eigenvalue weighted by Crippen LogP contribution is 2.09. The molecular weight excluding hydrogens is 220 g/mol. The summed E-state index contributed by atoms with van der Waals surface area (Å²) in [4.78, 5) is 21.7. The van der Waals surface area contributed by atoms with E-state index in [1.165, 1.54) is 0 Å². The highest BCUT2D eigenvalue weighted by Gasteiger charge is 2.02. The van der Waals surface area contributed by atoms with Gasteiger partial charge in [-0.25, -0.2) is 4.79 Å². The Bertz CT molecular complexity index is 412. The SMILES string of the molecule is C=CCNC(=O)Nc1ccc(CC(=O)O)cc1. The molecule has 0 spiro atoms. The van der Waals surface area contributed by atoms with Crippen LogP contribution >= 0.6 is 0 Å². The van der Waals surface area contributed by atoms with Crippen LogP contribution in [0.4, 0.5) is 10.5 Å². The van der Waals surface area contributed by atoms with Gasteiger partial charge in [-0.3, -0.25) is 4.79 Å². The third kappa shape index (κ3) is 4.83. The monoisotopic (exact) mass is 234 g/mol. The second-order valence-electron chi connectivity index (χ2n) is 3.39. The Hall–Kier alpha value is -2.30. The lowest BCUT2D eigenvalue weighted by atomic mass is 10.1. The summed E-state index contributed by atoms with van der Waals surface area (Å²) in [6.45, 7) is 3.87. The molecule has 0 aliphatic heterocycles. The van der Waals surface area contributed by atoms with Crippen molar-refractivity contribution in [3.63, 3.8) is 0 Å². The van der Waals surface area contributed by atoms with Gasteiger partial charge in [-0.1, -0.05) is 18.2 Å². The third-order valence-electron chi connectivity index (χ3n) is 1.97. The Morgan fingerprint density at radius 1 is 1.29 bits per heavy atom. The van der Waals surface area contributed by atoms with Crippen molar-refractivity contribution in [1.82, 2.24) is 5.32 Å². The minimum atomic E-state index is -0.880. The maximum absolute atomic E-state index is 11.3. The molecule has 0 heterocycles. The Kier molecular flexibility index (Phi) is 4.75. The van der Waals surface area contributed by atoms with E-state index < -0.39 is 5.97 Å². The number of amides is 2. The lowest BCUT2D eigenvalue weighted by Crippen LogP contribution is -2.28. The van der Waals surface area contributed by atoms with Crippen molar-refractivity contribution >= 4 is 17.7 Å². The molecule has 3 N–H and O–H groups in total. The fourth-order valence-corrected chi connectivity index (χ4v) is 1.22. The number of nitrogens with one attached hydrogen (secondary N) is 2. The molecule has 0 fully saturated rings. The zero-order valence-electron chi connectivity index (χ0n) is 9.27. The van der Waals surface area contributed by atoms with Crippen molar-refractivity contribution in [2.45, 2.75) is 6.42 Å². The quantitative estimate of drug-likeness (QED) is 0.677. The number of urea groups is 1. The zero-order chi connectivity index (χ0) is 12.7. The Balaban J connectivity index is 2.53. The standard InChI is InChI=1S/C12H14N2O3/c1-2-7-13-12(17)14-10-5-3-9(4-6-10)8-11(15)16/h2-6H,1,7-8H2,(H,15,16)(H2,13,14,17). The van der Waals surface area contributed by atoms with Crippen molar-refractivity contribution < 1.29 is 14.7 Å². The molecule has 1 rings (SSSR count). The van der Waals surface area contributed by atoms with E-state index in [0.717, 1.165) is 0 Å². The third-order valence-corrected chi connectivity index (χ3v) is 1.97. The summed E-state index contributed by atoms with van der Waals surface area (Å²) in [6, 6.07) is 6.32. The van der Waals surface area contributed by atoms with Gasteiger partial charge in [0.2, 0.25) is 0 Å². The van der Waals surface area contributed by atoms with Gasteiger partial charge in [0.1, 0.15) is 0 Å². The van der Waals surface area contributed by atoms with E-state index >= 15 is 0 Å². The first-order valence-corrected chi connectivity index (χ1v) is 5.08. The summed E-state index contributed by atoms with van der Waals surface area (Å²) in [5.74, 6) is -0.880. The van der Waals surface area contributed by atoms with Gasteiger partial charge in [-0.15, -0.1) is 6.58 Å². The van der Waals surface area contributed by atoms with Gasteiger partial charge in [0, 0.05) is 12.2 Å². The van der Waals surface area contributed by atoms with Crippen LogP contribution in [0.1, 0.15) is 5.56 Å². The number of benzene rings is 1. The molecule has 0 aliphatic rings. The first kappa shape index (κ1) is 12.8. The van der Waals surface area contributed by atoms with Gasteiger partial charge in [0.25, 0.3) is 0 Å². The van der Waals surface area contributed by atoms with Gasteiger partial charge >= 0.3 is 12.0 Å². The number of rotatable bonds is 5. The van der Waals surface area contributed by atoms with Crippen LogP contribution in [0.15, 0.2) is 36.9 Å². The van der Waals surface area contributed by atoms with Gasteiger partial charge in [-0.05, 0) is 17.7 Å². The van der Waals surface area contributed by atoms with Gasteiger partial charge < -0.3 is 15.7 Å². The number of aliphatic carboxylic acids is 1. The minimum Gasteiger partial charge on any atom is -0.481 e. The highest BCUT2D eigenvalue weighted by atomic mass is 16.4. The average Bonchev–Trinajstić information content (AvgIpc) is 2.28. The first-order chi connectivity index (χ1) is 8.11. The van der Waals surface area contributed by atoms with Crippen molar-refractivity contribution in [1.29, 1.82) is 0 Å². The lowest BCUT2D eigenvalue weighted by molar-refractivity contribution is -0.136. The molecule has 0 saturated heterocycles. The summed E-state index contributed by atoms with van der Waals surface area (Å²) < 4.78 is 0. The fraction of sp³-hybridized carbons (Fsp3) is 0.167. The molecule has 90 valence electrons. The topological polar surface area (TPSA) is 78.4 Å². The van der Waals surface area contributed by atoms with Crippen LogP contribution < -0.4 is 10.6 Å². The van der Waals surface area contributed by atoms with Crippen molar-refractivity contribution in [3.8, 4) is 0 Å². The number of hydrogen-bond donors (Lipinski definition) is 3. The van der Waals surface area contributed by atoms with E-state index in [9.17, 15) is 9.59 Å². The Morgan fingerprint density at radius 3 is 2.47 bits per heavy atom. The number of anilines is 1. The lowest BCUT2D eigenvalue weighted by Gasteiger charge is -2.06. The molecule has 1 aromatic rings. The van der Waals surface area contributed by atoms with Crippen LogP contribution in [0.2, 0.25) is 0 Å². The molecular formula is C12H14N2O3. The molecule has 2 amide bonds. The second-order valence-corrected chi connectivity index (χ2v) is 3.39. The van der Waals surface area contributed by atoms with E-state index in [0.29, 0.717) is 17.8 Å². The molecule has 5 heteroatoms. The van der Waals surface area contributed by atoms with Crippen LogP contribution in [0.3, 0.4) is 0 Å². The molecule has 1 aromatic carbocycles. The van der Waals surface area contributed by atoms with Crippen LogP contribution in [-0.2, 0) is 11.2 Å². The number of carboxylic acids is 1. The number of carbonyl (C=O) groups excluding carboxylic acids is 1. The first-order valence-electron chi connectivity index (χ1n) is 5.08. The zero-order valence-corrected chi connectivity index (χ0v) is 9.27. The molecule has 0 bridgehead atoms. The average molecular weight is 234 g/mol.